The Morgan fingerprint density at radius 3 is 2.86 bits per heavy atom. The van der Waals surface area contributed by atoms with Gasteiger partial charge in [0, 0.05) is 32.9 Å². The van der Waals surface area contributed by atoms with Crippen LogP contribution >= 0.6 is 0 Å². The number of aliphatic imine (C=N–C) groups is 1. The number of rotatable bonds is 6. The van der Waals surface area contributed by atoms with Gasteiger partial charge in [-0.2, -0.15) is 5.10 Å². The number of amides is 3. The molecule has 0 atom stereocenters. The predicted octanol–water partition coefficient (Wildman–Crippen LogP) is -0.973. The molecule has 2 heterocycles. The van der Waals surface area contributed by atoms with Crippen LogP contribution in [0.25, 0.3) is 0 Å². The lowest BCUT2D eigenvalue weighted by Gasteiger charge is -2.15. The minimum Gasteiger partial charge on any atom is -0.357 e. The summed E-state index contributed by atoms with van der Waals surface area (Å²) in [4.78, 5) is 28.5. The van der Waals surface area contributed by atoms with Gasteiger partial charge in [0.25, 0.3) is 0 Å². The molecule has 3 amide bonds. The van der Waals surface area contributed by atoms with E-state index in [9.17, 15) is 9.59 Å². The van der Waals surface area contributed by atoms with E-state index < -0.39 is 0 Å². The molecule has 0 spiro atoms. The Labute approximate surface area is 128 Å². The maximum absolute atomic E-state index is 11.5. The number of aromatic nitrogens is 2. The van der Waals surface area contributed by atoms with Crippen molar-refractivity contribution in [1.29, 1.82) is 0 Å². The number of carbonyl (C=O) groups excluding carboxylic acids is 2. The Morgan fingerprint density at radius 2 is 2.27 bits per heavy atom. The Bertz CT molecular complexity index is 550. The highest BCUT2D eigenvalue weighted by molar-refractivity contribution is 6.01. The van der Waals surface area contributed by atoms with Crippen LogP contribution in [-0.2, 0) is 18.4 Å². The summed E-state index contributed by atoms with van der Waals surface area (Å²) in [5.41, 5.74) is 0.992. The van der Waals surface area contributed by atoms with Crippen LogP contribution < -0.4 is 16.0 Å². The molecule has 1 aliphatic heterocycles. The molecule has 9 nitrogen and oxygen atoms in total. The van der Waals surface area contributed by atoms with Gasteiger partial charge in [-0.05, 0) is 13.0 Å². The van der Waals surface area contributed by atoms with E-state index in [2.05, 4.69) is 26.0 Å². The number of guanidine groups is 1. The third-order valence-corrected chi connectivity index (χ3v) is 3.23. The molecule has 2 rings (SSSR count). The molecule has 3 N–H and O–H groups in total. The third kappa shape index (κ3) is 3.96. The molecule has 1 saturated heterocycles. The number of aryl methyl sites for hydroxylation is 1. The van der Waals surface area contributed by atoms with E-state index in [0.717, 1.165) is 12.2 Å². The molecule has 1 aliphatic rings. The highest BCUT2D eigenvalue weighted by atomic mass is 16.2. The van der Waals surface area contributed by atoms with E-state index in [4.69, 9.17) is 0 Å². The summed E-state index contributed by atoms with van der Waals surface area (Å²) >= 11 is 0. The summed E-state index contributed by atoms with van der Waals surface area (Å²) in [5, 5.41) is 12.8. The largest absolute Gasteiger partial charge is 0.357 e. The van der Waals surface area contributed by atoms with Gasteiger partial charge in [-0.25, -0.2) is 9.79 Å². The Kier molecular flexibility index (Phi) is 5.34. The monoisotopic (exact) mass is 307 g/mol. The number of hydrogen-bond donors (Lipinski definition) is 3. The molecule has 0 aliphatic carbocycles. The van der Waals surface area contributed by atoms with Gasteiger partial charge in [0.15, 0.2) is 5.96 Å². The van der Waals surface area contributed by atoms with Gasteiger partial charge in [0.2, 0.25) is 5.91 Å². The second-order valence-corrected chi connectivity index (χ2v) is 4.77. The summed E-state index contributed by atoms with van der Waals surface area (Å²) in [6.07, 6.45) is 1.73. The highest BCUT2D eigenvalue weighted by Crippen LogP contribution is 1.99. The van der Waals surface area contributed by atoms with Crippen molar-refractivity contribution >= 4 is 17.9 Å². The second-order valence-electron chi connectivity index (χ2n) is 4.77. The molecule has 0 radical (unpaired) electrons. The number of hydrogen-bond acceptors (Lipinski definition) is 4. The Hall–Kier alpha value is -2.58. The first kappa shape index (κ1) is 15.8. The summed E-state index contributed by atoms with van der Waals surface area (Å²) in [6.45, 7) is 4.01. The fraction of sp³-hybridized carbons (Fsp3) is 0.538. The minimum absolute atomic E-state index is 0.0769. The number of urea groups is 1. The van der Waals surface area contributed by atoms with Crippen molar-refractivity contribution in [3.05, 3.63) is 18.0 Å². The summed E-state index contributed by atoms with van der Waals surface area (Å²) in [7, 11) is 1.86. The summed E-state index contributed by atoms with van der Waals surface area (Å²) < 4.78 is 1.76. The predicted molar refractivity (Wildman–Crippen MR) is 81.1 cm³/mol. The number of nitrogens with one attached hydrogen (secondary N) is 3. The standard InChI is InChI=1S/C13H21N7O2/c1-3-14-12(16-8-10-4-5-18-19(10)2)15-6-7-20-11(21)9-17-13(20)22/h4-5H,3,6-9H2,1-2H3,(H,17,22)(H2,14,15,16). The maximum Gasteiger partial charge on any atom is 0.324 e. The van der Waals surface area contributed by atoms with Gasteiger partial charge in [-0.1, -0.05) is 0 Å². The first-order chi connectivity index (χ1) is 10.6. The smallest absolute Gasteiger partial charge is 0.324 e. The van der Waals surface area contributed by atoms with Gasteiger partial charge in [-0.3, -0.25) is 14.4 Å². The van der Waals surface area contributed by atoms with Crippen LogP contribution in [0.5, 0.6) is 0 Å². The molecule has 22 heavy (non-hydrogen) atoms. The molecule has 1 aromatic rings. The van der Waals surface area contributed by atoms with E-state index in [-0.39, 0.29) is 18.5 Å². The molecule has 0 unspecified atom stereocenters. The molecule has 1 fully saturated rings. The minimum atomic E-state index is -0.344. The Balaban J connectivity index is 1.84. The van der Waals surface area contributed by atoms with Crippen LogP contribution in [-0.4, -0.2) is 58.8 Å². The van der Waals surface area contributed by atoms with E-state index in [0.29, 0.717) is 25.6 Å². The summed E-state index contributed by atoms with van der Waals surface area (Å²) in [6, 6.07) is 1.56. The van der Waals surface area contributed by atoms with E-state index in [1.807, 2.05) is 20.0 Å². The van der Waals surface area contributed by atoms with Crippen LogP contribution in [0, 0.1) is 0 Å². The van der Waals surface area contributed by atoms with Gasteiger partial charge in [-0.15, -0.1) is 0 Å². The molecule has 9 heteroatoms. The fourth-order valence-electron chi connectivity index (χ4n) is 2.03. The normalized spacial score (nSPS) is 15.2. The molecular weight excluding hydrogens is 286 g/mol. The molecule has 0 saturated carbocycles. The van der Waals surface area contributed by atoms with Crippen LogP contribution in [0.15, 0.2) is 17.3 Å². The lowest BCUT2D eigenvalue weighted by Crippen LogP contribution is -2.43. The van der Waals surface area contributed by atoms with Crippen LogP contribution in [0.1, 0.15) is 12.6 Å². The van der Waals surface area contributed by atoms with E-state index >= 15 is 0 Å². The lowest BCUT2D eigenvalue weighted by atomic mass is 10.4. The van der Waals surface area contributed by atoms with Crippen molar-refractivity contribution in [2.75, 3.05) is 26.2 Å². The Morgan fingerprint density at radius 1 is 1.45 bits per heavy atom. The van der Waals surface area contributed by atoms with Gasteiger partial charge >= 0.3 is 6.03 Å². The van der Waals surface area contributed by atoms with Crippen molar-refractivity contribution in [3.8, 4) is 0 Å². The molecule has 120 valence electrons. The molecule has 0 bridgehead atoms. The molecular formula is C13H21N7O2. The first-order valence-electron chi connectivity index (χ1n) is 7.19. The van der Waals surface area contributed by atoms with Crippen molar-refractivity contribution in [2.45, 2.75) is 13.5 Å². The van der Waals surface area contributed by atoms with Crippen molar-refractivity contribution in [3.63, 3.8) is 0 Å². The lowest BCUT2D eigenvalue weighted by molar-refractivity contribution is -0.124. The number of carbonyl (C=O) groups is 2. The molecule has 0 aromatic carbocycles. The highest BCUT2D eigenvalue weighted by Gasteiger charge is 2.27. The van der Waals surface area contributed by atoms with Gasteiger partial charge in [0.05, 0.1) is 18.8 Å². The van der Waals surface area contributed by atoms with E-state index in [1.165, 1.54) is 4.90 Å². The summed E-state index contributed by atoms with van der Waals surface area (Å²) in [5.74, 6) is 0.430. The zero-order valence-corrected chi connectivity index (χ0v) is 12.8. The average molecular weight is 307 g/mol. The average Bonchev–Trinajstić information content (AvgIpc) is 3.04. The van der Waals surface area contributed by atoms with Gasteiger partial charge < -0.3 is 16.0 Å². The number of imide groups is 1. The zero-order chi connectivity index (χ0) is 15.9. The van der Waals surface area contributed by atoms with Crippen LogP contribution in [0.2, 0.25) is 0 Å². The fourth-order valence-corrected chi connectivity index (χ4v) is 2.03. The van der Waals surface area contributed by atoms with Crippen molar-refractivity contribution in [2.24, 2.45) is 12.0 Å². The third-order valence-electron chi connectivity index (χ3n) is 3.23. The van der Waals surface area contributed by atoms with Gasteiger partial charge in [0.1, 0.15) is 0 Å². The SMILES string of the molecule is CCNC(=NCc1ccnn1C)NCCN1C(=O)CNC1=O. The first-order valence-corrected chi connectivity index (χ1v) is 7.19. The van der Waals surface area contributed by atoms with Crippen LogP contribution in [0.4, 0.5) is 4.79 Å². The maximum atomic E-state index is 11.5. The quantitative estimate of drug-likeness (QED) is 0.356. The zero-order valence-electron chi connectivity index (χ0n) is 12.8. The molecule has 1 aromatic heterocycles. The van der Waals surface area contributed by atoms with Crippen molar-refractivity contribution < 1.29 is 9.59 Å². The number of nitrogens with zero attached hydrogens (tertiary/aromatic N) is 4. The van der Waals surface area contributed by atoms with E-state index in [1.54, 1.807) is 10.9 Å². The topological polar surface area (TPSA) is 104 Å². The van der Waals surface area contributed by atoms with Crippen molar-refractivity contribution in [1.82, 2.24) is 30.6 Å². The second kappa shape index (κ2) is 7.43. The van der Waals surface area contributed by atoms with Crippen LogP contribution in [0.3, 0.4) is 0 Å².